The highest BCUT2D eigenvalue weighted by molar-refractivity contribution is 5.75. The lowest BCUT2D eigenvalue weighted by atomic mass is 9.82. The predicted octanol–water partition coefficient (Wildman–Crippen LogP) is -0.812. The maximum absolute atomic E-state index is 11.8. The number of hydrogen-bond acceptors (Lipinski definition) is 7. The quantitative estimate of drug-likeness (QED) is 0.234. The summed E-state index contributed by atoms with van der Waals surface area (Å²) in [5.74, 6) is 5.01. The van der Waals surface area contributed by atoms with Crippen molar-refractivity contribution in [2.24, 2.45) is 11.8 Å². The fourth-order valence-corrected chi connectivity index (χ4v) is 2.38. The molecule has 0 aromatic carbocycles. The summed E-state index contributed by atoms with van der Waals surface area (Å²) in [6.07, 6.45) is 1.75. The monoisotopic (exact) mass is 275 g/mol. The third-order valence-electron chi connectivity index (χ3n) is 3.45. The van der Waals surface area contributed by atoms with Crippen LogP contribution in [0, 0.1) is 5.92 Å². The second-order valence-corrected chi connectivity index (χ2v) is 5.06. The number of esters is 1. The van der Waals surface area contributed by atoms with Crippen LogP contribution < -0.4 is 16.8 Å². The molecule has 19 heavy (non-hydrogen) atoms. The molecule has 0 aromatic rings. The van der Waals surface area contributed by atoms with Crippen LogP contribution in [0.15, 0.2) is 0 Å². The van der Waals surface area contributed by atoms with Gasteiger partial charge in [0.2, 0.25) is 0 Å². The Hall–Kier alpha value is -0.730. The average molecular weight is 275 g/mol. The van der Waals surface area contributed by atoms with Crippen molar-refractivity contribution in [2.75, 3.05) is 6.61 Å². The molecule has 1 saturated carbocycles. The topological polar surface area (TPSA) is 117 Å². The number of hydrogen-bond donors (Lipinski definition) is 5. The van der Waals surface area contributed by atoms with Crippen molar-refractivity contribution in [3.8, 4) is 0 Å². The lowest BCUT2D eigenvalue weighted by Gasteiger charge is -2.31. The number of aliphatic hydroxyl groups excluding tert-OH is 2. The summed E-state index contributed by atoms with van der Waals surface area (Å²) in [6, 6.07) is -0.538. The first kappa shape index (κ1) is 16.3. The molecule has 0 bridgehead atoms. The van der Waals surface area contributed by atoms with Crippen molar-refractivity contribution >= 4 is 5.97 Å². The Morgan fingerprint density at radius 3 is 2.74 bits per heavy atom. The molecular weight excluding hydrogens is 250 g/mol. The summed E-state index contributed by atoms with van der Waals surface area (Å²) in [4.78, 5) is 11.8. The van der Waals surface area contributed by atoms with Crippen molar-refractivity contribution in [1.82, 2.24) is 11.0 Å². The van der Waals surface area contributed by atoms with Crippen molar-refractivity contribution in [1.29, 1.82) is 0 Å². The second-order valence-electron chi connectivity index (χ2n) is 5.06. The van der Waals surface area contributed by atoms with E-state index >= 15 is 0 Å². The highest BCUT2D eigenvalue weighted by Crippen LogP contribution is 2.28. The smallest absolute Gasteiger partial charge is 0.324 e. The van der Waals surface area contributed by atoms with Crippen LogP contribution in [0.3, 0.4) is 0 Å². The Kier molecular flexibility index (Phi) is 7.25. The van der Waals surface area contributed by atoms with Gasteiger partial charge in [-0.15, -0.1) is 0 Å². The van der Waals surface area contributed by atoms with Crippen molar-refractivity contribution in [3.05, 3.63) is 0 Å². The van der Waals surface area contributed by atoms with Gasteiger partial charge < -0.3 is 14.9 Å². The van der Waals surface area contributed by atoms with Gasteiger partial charge in [-0.3, -0.25) is 10.6 Å². The van der Waals surface area contributed by atoms with E-state index in [9.17, 15) is 15.0 Å². The molecule has 1 rings (SSSR count). The molecule has 1 aliphatic carbocycles. The molecule has 1 aliphatic rings. The van der Waals surface area contributed by atoms with Crippen molar-refractivity contribution < 1.29 is 19.7 Å². The van der Waals surface area contributed by atoms with E-state index in [0.717, 1.165) is 12.8 Å². The molecule has 0 saturated heterocycles. The minimum Gasteiger partial charge on any atom is -0.465 e. The summed E-state index contributed by atoms with van der Waals surface area (Å²) >= 11 is 0. The second kappa shape index (κ2) is 8.44. The third-order valence-corrected chi connectivity index (χ3v) is 3.45. The van der Waals surface area contributed by atoms with E-state index in [2.05, 4.69) is 11.0 Å². The van der Waals surface area contributed by atoms with E-state index in [1.165, 1.54) is 0 Å². The van der Waals surface area contributed by atoms with Crippen LogP contribution in [0.25, 0.3) is 0 Å². The number of rotatable bonds is 7. The fourth-order valence-electron chi connectivity index (χ4n) is 2.38. The molecule has 0 radical (unpaired) electrons. The zero-order chi connectivity index (χ0) is 14.3. The number of nitrogens with one attached hydrogen (secondary N) is 2. The Bertz CT molecular complexity index is 278. The maximum atomic E-state index is 11.8. The van der Waals surface area contributed by atoms with Crippen LogP contribution >= 0.6 is 0 Å². The summed E-state index contributed by atoms with van der Waals surface area (Å²) in [5.41, 5.74) is 4.95. The van der Waals surface area contributed by atoms with Crippen LogP contribution in [0.4, 0.5) is 0 Å². The summed E-state index contributed by atoms with van der Waals surface area (Å²) < 4.78 is 5.09. The highest BCUT2D eigenvalue weighted by Gasteiger charge is 2.31. The molecule has 0 heterocycles. The first-order valence-electron chi connectivity index (χ1n) is 6.82. The van der Waals surface area contributed by atoms with E-state index in [4.69, 9.17) is 10.6 Å². The first-order valence-corrected chi connectivity index (χ1v) is 6.82. The molecular formula is C12H25N3O4. The minimum atomic E-state index is -0.711. The van der Waals surface area contributed by atoms with E-state index in [0.29, 0.717) is 25.9 Å². The Morgan fingerprint density at radius 2 is 2.16 bits per heavy atom. The van der Waals surface area contributed by atoms with Crippen molar-refractivity contribution in [3.63, 3.8) is 0 Å². The van der Waals surface area contributed by atoms with E-state index in [1.54, 1.807) is 0 Å². The van der Waals surface area contributed by atoms with E-state index < -0.39 is 18.2 Å². The summed E-state index contributed by atoms with van der Waals surface area (Å²) in [7, 11) is 0. The van der Waals surface area contributed by atoms with Crippen LogP contribution in [-0.2, 0) is 9.53 Å². The molecule has 0 aliphatic heterocycles. The van der Waals surface area contributed by atoms with E-state index in [1.807, 2.05) is 6.92 Å². The molecule has 0 amide bonds. The standard InChI is InChI=1S/C12H25N3O4/c1-2-5-19-12(18)9(14-15-13)6-8-3-4-10(16)11(17)7-8/h8-11,14-17H,2-7,13H2,1H3. The number of carbonyl (C=O) groups excluding carboxylic acids is 1. The summed E-state index contributed by atoms with van der Waals surface area (Å²) in [6.45, 7) is 2.31. The molecule has 112 valence electrons. The van der Waals surface area contributed by atoms with Gasteiger partial charge in [-0.2, -0.15) is 5.53 Å². The number of hydrazine groups is 2. The lowest BCUT2D eigenvalue weighted by molar-refractivity contribution is -0.147. The van der Waals surface area contributed by atoms with Gasteiger partial charge in [0.05, 0.1) is 18.8 Å². The molecule has 0 aromatic heterocycles. The van der Waals surface area contributed by atoms with Crippen molar-refractivity contribution in [2.45, 2.75) is 57.3 Å². The zero-order valence-electron chi connectivity index (χ0n) is 11.3. The van der Waals surface area contributed by atoms with Gasteiger partial charge in [0.25, 0.3) is 0 Å². The number of aliphatic hydroxyl groups is 2. The van der Waals surface area contributed by atoms with Gasteiger partial charge in [0, 0.05) is 0 Å². The largest absolute Gasteiger partial charge is 0.465 e. The van der Waals surface area contributed by atoms with Gasteiger partial charge in [-0.05, 0) is 38.0 Å². The maximum Gasteiger partial charge on any atom is 0.324 e. The Morgan fingerprint density at radius 1 is 1.42 bits per heavy atom. The molecule has 4 unspecified atom stereocenters. The van der Waals surface area contributed by atoms with Crippen LogP contribution in [-0.4, -0.2) is 41.0 Å². The summed E-state index contributed by atoms with van der Waals surface area (Å²) in [5, 5.41) is 19.1. The molecule has 6 N–H and O–H groups in total. The molecule has 0 spiro atoms. The van der Waals surface area contributed by atoms with Crippen LogP contribution in [0.2, 0.25) is 0 Å². The highest BCUT2D eigenvalue weighted by atomic mass is 16.5. The molecule has 7 nitrogen and oxygen atoms in total. The third kappa shape index (κ3) is 5.42. The average Bonchev–Trinajstić information content (AvgIpc) is 2.39. The molecule has 7 heteroatoms. The number of carbonyl (C=O) groups is 1. The number of ether oxygens (including phenoxy) is 1. The zero-order valence-corrected chi connectivity index (χ0v) is 11.3. The number of nitrogens with two attached hydrogens (primary N) is 1. The SMILES string of the molecule is CCCOC(=O)C(CC1CCC(O)C(O)C1)NNN. The normalized spacial score (nSPS) is 28.9. The lowest BCUT2D eigenvalue weighted by Crippen LogP contribution is -2.50. The predicted molar refractivity (Wildman–Crippen MR) is 69.5 cm³/mol. The van der Waals surface area contributed by atoms with Crippen LogP contribution in [0.1, 0.15) is 39.0 Å². The van der Waals surface area contributed by atoms with Gasteiger partial charge in [-0.1, -0.05) is 6.92 Å². The van der Waals surface area contributed by atoms with Crippen LogP contribution in [0.5, 0.6) is 0 Å². The van der Waals surface area contributed by atoms with E-state index in [-0.39, 0.29) is 11.9 Å². The van der Waals surface area contributed by atoms with Gasteiger partial charge >= 0.3 is 5.97 Å². The molecule has 4 atom stereocenters. The minimum absolute atomic E-state index is 0.165. The first-order chi connectivity index (χ1) is 9.08. The molecule has 1 fully saturated rings. The Balaban J connectivity index is 2.46. The van der Waals surface area contributed by atoms with Gasteiger partial charge in [0.1, 0.15) is 6.04 Å². The fraction of sp³-hybridized carbons (Fsp3) is 0.917. The van der Waals surface area contributed by atoms with Gasteiger partial charge in [-0.25, -0.2) is 5.43 Å². The van der Waals surface area contributed by atoms with Gasteiger partial charge in [0.15, 0.2) is 0 Å². The Labute approximate surface area is 113 Å².